The predicted molar refractivity (Wildman–Crippen MR) is 71.0 cm³/mol. The molecule has 18 heavy (non-hydrogen) atoms. The van der Waals surface area contributed by atoms with E-state index in [1.165, 1.54) is 0 Å². The molecule has 0 aliphatic heterocycles. The summed E-state index contributed by atoms with van der Waals surface area (Å²) in [6.45, 7) is 4.76. The number of ether oxygens (including phenoxy) is 1. The largest absolute Gasteiger partial charge is 0.398 e. The van der Waals surface area contributed by atoms with Crippen molar-refractivity contribution < 1.29 is 4.74 Å². The lowest BCUT2D eigenvalue weighted by Gasteiger charge is -2.24. The highest BCUT2D eigenvalue weighted by molar-refractivity contribution is 5.72. The number of hydrogen-bond donors (Lipinski definition) is 1. The first-order valence-corrected chi connectivity index (χ1v) is 5.78. The zero-order valence-electron chi connectivity index (χ0n) is 10.9. The molecule has 96 valence electrons. The summed E-state index contributed by atoms with van der Waals surface area (Å²) in [7, 11) is 1.70. The monoisotopic (exact) mass is 246 g/mol. The molecular weight excluding hydrogens is 228 g/mol. The number of nitrogen functional groups attached to an aromatic ring is 1. The van der Waals surface area contributed by atoms with Crippen LogP contribution < -0.4 is 5.73 Å². The number of aromatic nitrogens is 3. The van der Waals surface area contributed by atoms with Gasteiger partial charge in [0, 0.05) is 30.8 Å². The lowest BCUT2D eigenvalue weighted by molar-refractivity contribution is 0.00848. The smallest absolute Gasteiger partial charge is 0.0951 e. The van der Waals surface area contributed by atoms with Crippen molar-refractivity contribution in [3.8, 4) is 11.3 Å². The van der Waals surface area contributed by atoms with E-state index in [2.05, 4.69) is 9.97 Å². The predicted octanol–water partition coefficient (Wildman–Crippen LogP) is 1.95. The number of nitrogens with zero attached hydrogens (tertiary/aromatic N) is 3. The summed E-state index contributed by atoms with van der Waals surface area (Å²) in [4.78, 5) is 8.29. The van der Waals surface area contributed by atoms with Gasteiger partial charge in [0.1, 0.15) is 0 Å². The minimum atomic E-state index is -0.258. The summed E-state index contributed by atoms with van der Waals surface area (Å²) in [5, 5.41) is 0. The fourth-order valence-electron chi connectivity index (χ4n) is 1.77. The third kappa shape index (κ3) is 2.51. The van der Waals surface area contributed by atoms with Crippen LogP contribution in [0.2, 0.25) is 0 Å². The second-order valence-electron chi connectivity index (χ2n) is 4.83. The lowest BCUT2D eigenvalue weighted by atomic mass is 10.1. The molecular formula is C13H18N4O. The van der Waals surface area contributed by atoms with Crippen molar-refractivity contribution in [3.05, 3.63) is 31.0 Å². The third-order valence-electron chi connectivity index (χ3n) is 2.95. The van der Waals surface area contributed by atoms with Crippen molar-refractivity contribution in [2.45, 2.75) is 26.0 Å². The van der Waals surface area contributed by atoms with E-state index in [0.29, 0.717) is 12.2 Å². The summed E-state index contributed by atoms with van der Waals surface area (Å²) in [6.07, 6.45) is 7.00. The molecule has 0 atom stereocenters. The quantitative estimate of drug-likeness (QED) is 0.895. The van der Waals surface area contributed by atoms with Crippen LogP contribution in [0.1, 0.15) is 13.8 Å². The number of anilines is 1. The van der Waals surface area contributed by atoms with E-state index in [-0.39, 0.29) is 5.60 Å². The molecule has 2 heterocycles. The van der Waals surface area contributed by atoms with Crippen LogP contribution in [0.5, 0.6) is 0 Å². The fraction of sp³-hybridized carbons (Fsp3) is 0.385. The molecule has 0 amide bonds. The molecule has 0 saturated heterocycles. The molecule has 0 fully saturated rings. The zero-order valence-corrected chi connectivity index (χ0v) is 10.9. The van der Waals surface area contributed by atoms with Crippen LogP contribution in [0, 0.1) is 0 Å². The Morgan fingerprint density at radius 3 is 2.78 bits per heavy atom. The van der Waals surface area contributed by atoms with E-state index in [0.717, 1.165) is 11.3 Å². The summed E-state index contributed by atoms with van der Waals surface area (Å²) < 4.78 is 7.46. The molecule has 2 rings (SSSR count). The second-order valence-corrected chi connectivity index (χ2v) is 4.83. The van der Waals surface area contributed by atoms with Crippen molar-refractivity contribution in [3.63, 3.8) is 0 Å². The summed E-state index contributed by atoms with van der Waals surface area (Å²) in [5.41, 5.74) is 8.24. The van der Waals surface area contributed by atoms with Crippen molar-refractivity contribution >= 4 is 5.69 Å². The molecule has 0 radical (unpaired) electrons. The van der Waals surface area contributed by atoms with Crippen LogP contribution in [-0.2, 0) is 11.3 Å². The van der Waals surface area contributed by atoms with Gasteiger partial charge >= 0.3 is 0 Å². The highest BCUT2D eigenvalue weighted by Crippen LogP contribution is 2.25. The van der Waals surface area contributed by atoms with Crippen molar-refractivity contribution in [1.82, 2.24) is 14.5 Å². The van der Waals surface area contributed by atoms with Crippen LogP contribution >= 0.6 is 0 Å². The van der Waals surface area contributed by atoms with Gasteiger partial charge in [-0.2, -0.15) is 0 Å². The van der Waals surface area contributed by atoms with E-state index in [4.69, 9.17) is 10.5 Å². The molecule has 0 aliphatic rings. The molecule has 0 unspecified atom stereocenters. The van der Waals surface area contributed by atoms with E-state index in [1.807, 2.05) is 18.4 Å². The minimum absolute atomic E-state index is 0.258. The highest BCUT2D eigenvalue weighted by Gasteiger charge is 2.19. The van der Waals surface area contributed by atoms with Gasteiger partial charge < -0.3 is 15.0 Å². The average molecular weight is 246 g/mol. The Labute approximate surface area is 107 Å². The minimum Gasteiger partial charge on any atom is -0.398 e. The first-order chi connectivity index (χ1) is 8.53. The fourth-order valence-corrected chi connectivity index (χ4v) is 1.77. The van der Waals surface area contributed by atoms with Gasteiger partial charge in [0.05, 0.1) is 30.4 Å². The Morgan fingerprint density at radius 1 is 1.33 bits per heavy atom. The molecule has 0 bridgehead atoms. The van der Waals surface area contributed by atoms with E-state index < -0.39 is 0 Å². The SMILES string of the molecule is COC(C)(C)Cn1cncc1-c1cnccc1N. The average Bonchev–Trinajstić information content (AvgIpc) is 2.77. The molecule has 0 spiro atoms. The van der Waals surface area contributed by atoms with Gasteiger partial charge in [0.25, 0.3) is 0 Å². The van der Waals surface area contributed by atoms with Gasteiger partial charge in [-0.05, 0) is 19.9 Å². The molecule has 0 saturated carbocycles. The van der Waals surface area contributed by atoms with Crippen LogP contribution in [-0.4, -0.2) is 27.2 Å². The molecule has 0 aliphatic carbocycles. The molecule has 5 nitrogen and oxygen atoms in total. The van der Waals surface area contributed by atoms with Gasteiger partial charge in [-0.3, -0.25) is 4.98 Å². The molecule has 2 N–H and O–H groups in total. The van der Waals surface area contributed by atoms with Crippen molar-refractivity contribution in [2.24, 2.45) is 0 Å². The van der Waals surface area contributed by atoms with Gasteiger partial charge in [0.15, 0.2) is 0 Å². The standard InChI is InChI=1S/C13H18N4O/c1-13(2,18-3)8-17-9-16-7-12(17)10-6-15-5-4-11(10)14/h4-7,9H,8H2,1-3H3,(H2,14,15). The second kappa shape index (κ2) is 4.78. The number of rotatable bonds is 4. The molecule has 5 heteroatoms. The van der Waals surface area contributed by atoms with Crippen LogP contribution in [0.25, 0.3) is 11.3 Å². The summed E-state index contributed by atoms with van der Waals surface area (Å²) in [5.74, 6) is 0. The summed E-state index contributed by atoms with van der Waals surface area (Å²) in [6, 6.07) is 1.79. The van der Waals surface area contributed by atoms with Crippen molar-refractivity contribution in [1.29, 1.82) is 0 Å². The first kappa shape index (κ1) is 12.6. The Hall–Kier alpha value is -1.88. The molecule has 0 aromatic carbocycles. The molecule has 2 aromatic rings. The maximum absolute atomic E-state index is 5.96. The van der Waals surface area contributed by atoms with Crippen LogP contribution in [0.15, 0.2) is 31.0 Å². The summed E-state index contributed by atoms with van der Waals surface area (Å²) >= 11 is 0. The topological polar surface area (TPSA) is 66.0 Å². The maximum Gasteiger partial charge on any atom is 0.0951 e. The van der Waals surface area contributed by atoms with E-state index >= 15 is 0 Å². The normalized spacial score (nSPS) is 11.7. The Balaban J connectivity index is 2.37. The maximum atomic E-state index is 5.96. The Bertz CT molecular complexity index is 533. The third-order valence-corrected chi connectivity index (χ3v) is 2.95. The van der Waals surface area contributed by atoms with Gasteiger partial charge in [-0.15, -0.1) is 0 Å². The van der Waals surface area contributed by atoms with Crippen LogP contribution in [0.3, 0.4) is 0 Å². The first-order valence-electron chi connectivity index (χ1n) is 5.78. The van der Waals surface area contributed by atoms with E-state index in [9.17, 15) is 0 Å². The van der Waals surface area contributed by atoms with Gasteiger partial charge in [-0.1, -0.05) is 0 Å². The number of pyridine rings is 1. The highest BCUT2D eigenvalue weighted by atomic mass is 16.5. The number of imidazole rings is 1. The Kier molecular flexibility index (Phi) is 3.34. The van der Waals surface area contributed by atoms with E-state index in [1.54, 1.807) is 38.1 Å². The van der Waals surface area contributed by atoms with Crippen molar-refractivity contribution in [2.75, 3.05) is 12.8 Å². The zero-order chi connectivity index (χ0) is 13.2. The van der Waals surface area contributed by atoms with Gasteiger partial charge in [-0.25, -0.2) is 4.98 Å². The number of methoxy groups -OCH3 is 1. The number of nitrogens with two attached hydrogens (primary N) is 1. The molecule has 2 aromatic heterocycles. The lowest BCUT2D eigenvalue weighted by Crippen LogP contribution is -2.29. The number of hydrogen-bond acceptors (Lipinski definition) is 4. The van der Waals surface area contributed by atoms with Gasteiger partial charge in [0.2, 0.25) is 0 Å². The van der Waals surface area contributed by atoms with Crippen LogP contribution in [0.4, 0.5) is 5.69 Å². The Morgan fingerprint density at radius 2 is 2.11 bits per heavy atom.